The quantitative estimate of drug-likeness (QED) is 0.662. The van der Waals surface area contributed by atoms with Crippen LogP contribution in [0.3, 0.4) is 0 Å². The van der Waals surface area contributed by atoms with Crippen LogP contribution in [0.2, 0.25) is 0 Å². The van der Waals surface area contributed by atoms with Gasteiger partial charge in [0.05, 0.1) is 6.54 Å². The van der Waals surface area contributed by atoms with Crippen LogP contribution in [0, 0.1) is 23.2 Å². The summed E-state index contributed by atoms with van der Waals surface area (Å²) in [5, 5.41) is 8.59. The van der Waals surface area contributed by atoms with Crippen molar-refractivity contribution in [2.75, 3.05) is 6.54 Å². The van der Waals surface area contributed by atoms with Gasteiger partial charge in [-0.25, -0.2) is 0 Å². The fraction of sp³-hybridized carbons (Fsp3) is 0.857. The van der Waals surface area contributed by atoms with Crippen LogP contribution in [0.4, 0.5) is 0 Å². The SMILES string of the molecule is C[C@H](NC(=O)CNC(=O)C12CC3CC(CC(C3)C1)C2)C(=O)NC1CCCC1. The largest absolute Gasteiger partial charge is 0.352 e. The van der Waals surface area contributed by atoms with Crippen LogP contribution in [0.25, 0.3) is 0 Å². The maximum absolute atomic E-state index is 12.9. The molecular formula is C21H33N3O3. The molecule has 3 N–H and O–H groups in total. The summed E-state index contributed by atoms with van der Waals surface area (Å²) < 4.78 is 0. The van der Waals surface area contributed by atoms with Crippen molar-refractivity contribution < 1.29 is 14.4 Å². The first-order valence-corrected chi connectivity index (χ1v) is 10.8. The Morgan fingerprint density at radius 2 is 1.52 bits per heavy atom. The van der Waals surface area contributed by atoms with Crippen molar-refractivity contribution in [2.24, 2.45) is 23.2 Å². The lowest BCUT2D eigenvalue weighted by Crippen LogP contribution is -2.55. The molecule has 5 rings (SSSR count). The molecule has 0 unspecified atom stereocenters. The van der Waals surface area contributed by atoms with E-state index in [1.165, 1.54) is 19.3 Å². The molecule has 5 fully saturated rings. The lowest BCUT2D eigenvalue weighted by molar-refractivity contribution is -0.147. The van der Waals surface area contributed by atoms with E-state index in [1.807, 2.05) is 0 Å². The van der Waals surface area contributed by atoms with E-state index in [1.54, 1.807) is 6.92 Å². The maximum atomic E-state index is 12.9. The van der Waals surface area contributed by atoms with Crippen LogP contribution in [-0.4, -0.2) is 36.3 Å². The molecule has 1 atom stereocenters. The molecule has 3 amide bonds. The van der Waals surface area contributed by atoms with Crippen molar-refractivity contribution >= 4 is 17.7 Å². The molecule has 0 heterocycles. The lowest BCUT2D eigenvalue weighted by Gasteiger charge is -2.55. The predicted octanol–water partition coefficient (Wildman–Crippen LogP) is 1.88. The monoisotopic (exact) mass is 375 g/mol. The van der Waals surface area contributed by atoms with Crippen molar-refractivity contribution in [3.05, 3.63) is 0 Å². The standard InChI is InChI=1S/C21H33N3O3/c1-13(19(26)24-17-4-2-3-5-17)23-18(25)12-22-20(27)21-9-14-6-15(10-21)8-16(7-14)11-21/h13-17H,2-12H2,1H3,(H,22,27)(H,23,25)(H,24,26)/t13-,14?,15?,16?,21?/m0/s1. The van der Waals surface area contributed by atoms with Crippen molar-refractivity contribution in [2.45, 2.75) is 83.2 Å². The van der Waals surface area contributed by atoms with Crippen LogP contribution in [0.5, 0.6) is 0 Å². The molecule has 5 aliphatic carbocycles. The molecule has 0 saturated heterocycles. The van der Waals surface area contributed by atoms with E-state index in [0.29, 0.717) is 17.8 Å². The molecule has 0 aromatic carbocycles. The molecule has 27 heavy (non-hydrogen) atoms. The third-order valence-electron chi connectivity index (χ3n) is 7.40. The highest BCUT2D eigenvalue weighted by atomic mass is 16.2. The Hall–Kier alpha value is -1.59. The van der Waals surface area contributed by atoms with Crippen molar-refractivity contribution in [3.8, 4) is 0 Å². The molecule has 0 spiro atoms. The second kappa shape index (κ2) is 7.44. The summed E-state index contributed by atoms with van der Waals surface area (Å²) in [6, 6.07) is -0.331. The summed E-state index contributed by atoms with van der Waals surface area (Å²) >= 11 is 0. The van der Waals surface area contributed by atoms with Gasteiger partial charge in [0.25, 0.3) is 0 Å². The number of rotatable bonds is 6. The molecule has 5 saturated carbocycles. The minimum absolute atomic E-state index is 0.0400. The fourth-order valence-electron chi connectivity index (χ4n) is 6.49. The van der Waals surface area contributed by atoms with Gasteiger partial charge in [-0.15, -0.1) is 0 Å². The number of hydrogen-bond acceptors (Lipinski definition) is 3. The molecule has 6 heteroatoms. The second-order valence-electron chi connectivity index (χ2n) is 9.66. The van der Waals surface area contributed by atoms with Crippen LogP contribution in [0.15, 0.2) is 0 Å². The summed E-state index contributed by atoms with van der Waals surface area (Å²) in [5.74, 6) is 1.74. The number of amides is 3. The minimum Gasteiger partial charge on any atom is -0.352 e. The summed E-state index contributed by atoms with van der Waals surface area (Å²) in [5.41, 5.74) is -0.236. The predicted molar refractivity (Wildman–Crippen MR) is 102 cm³/mol. The smallest absolute Gasteiger partial charge is 0.242 e. The van der Waals surface area contributed by atoms with Gasteiger partial charge in [-0.3, -0.25) is 14.4 Å². The van der Waals surface area contributed by atoms with Gasteiger partial charge in [-0.1, -0.05) is 12.8 Å². The molecule has 150 valence electrons. The average Bonchev–Trinajstić information content (AvgIpc) is 3.11. The Morgan fingerprint density at radius 3 is 2.07 bits per heavy atom. The third-order valence-corrected chi connectivity index (χ3v) is 7.40. The van der Waals surface area contributed by atoms with Crippen molar-refractivity contribution in [1.82, 2.24) is 16.0 Å². The first-order chi connectivity index (χ1) is 12.9. The van der Waals surface area contributed by atoms with Gasteiger partial charge in [0.1, 0.15) is 6.04 Å². The van der Waals surface area contributed by atoms with Gasteiger partial charge in [0, 0.05) is 11.5 Å². The molecule has 0 radical (unpaired) electrons. The fourth-order valence-corrected chi connectivity index (χ4v) is 6.49. The molecule has 6 nitrogen and oxygen atoms in total. The summed E-state index contributed by atoms with van der Waals surface area (Å²) in [6.07, 6.45) is 11.2. The minimum atomic E-state index is -0.574. The van der Waals surface area contributed by atoms with E-state index in [4.69, 9.17) is 0 Å². The van der Waals surface area contributed by atoms with Gasteiger partial charge in [0.2, 0.25) is 17.7 Å². The molecule has 0 aromatic heterocycles. The second-order valence-corrected chi connectivity index (χ2v) is 9.66. The first-order valence-electron chi connectivity index (χ1n) is 10.8. The average molecular weight is 376 g/mol. The highest BCUT2D eigenvalue weighted by Gasteiger charge is 2.54. The van der Waals surface area contributed by atoms with E-state index >= 15 is 0 Å². The zero-order valence-electron chi connectivity index (χ0n) is 16.4. The van der Waals surface area contributed by atoms with Gasteiger partial charge >= 0.3 is 0 Å². The number of carbonyl (C=O) groups excluding carboxylic acids is 3. The maximum Gasteiger partial charge on any atom is 0.242 e. The Kier molecular flexibility index (Phi) is 5.17. The number of nitrogens with one attached hydrogen (secondary N) is 3. The summed E-state index contributed by atoms with van der Waals surface area (Å²) in [6.45, 7) is 1.66. The van der Waals surface area contributed by atoms with Gasteiger partial charge < -0.3 is 16.0 Å². The van der Waals surface area contributed by atoms with Gasteiger partial charge in [-0.2, -0.15) is 0 Å². The number of carbonyl (C=O) groups is 3. The summed E-state index contributed by atoms with van der Waals surface area (Å²) in [4.78, 5) is 37.3. The van der Waals surface area contributed by atoms with E-state index in [2.05, 4.69) is 16.0 Å². The zero-order chi connectivity index (χ0) is 19.0. The zero-order valence-corrected chi connectivity index (χ0v) is 16.4. The topological polar surface area (TPSA) is 87.3 Å². The molecule has 0 aliphatic heterocycles. The van der Waals surface area contributed by atoms with Crippen molar-refractivity contribution in [1.29, 1.82) is 0 Å². The van der Waals surface area contributed by atoms with Crippen LogP contribution in [-0.2, 0) is 14.4 Å². The first kappa shape index (κ1) is 18.8. The Balaban J connectivity index is 1.23. The van der Waals surface area contributed by atoms with Crippen LogP contribution < -0.4 is 16.0 Å². The van der Waals surface area contributed by atoms with Gasteiger partial charge in [0.15, 0.2) is 0 Å². The molecule has 4 bridgehead atoms. The lowest BCUT2D eigenvalue weighted by atomic mass is 9.49. The summed E-state index contributed by atoms with van der Waals surface area (Å²) in [7, 11) is 0. The van der Waals surface area contributed by atoms with Crippen LogP contribution >= 0.6 is 0 Å². The Morgan fingerprint density at radius 1 is 0.963 bits per heavy atom. The molecular weight excluding hydrogens is 342 g/mol. The Bertz CT molecular complexity index is 577. The highest BCUT2D eigenvalue weighted by molar-refractivity contribution is 5.91. The highest BCUT2D eigenvalue weighted by Crippen LogP contribution is 2.60. The molecule has 5 aliphatic rings. The van der Waals surface area contributed by atoms with Crippen molar-refractivity contribution in [3.63, 3.8) is 0 Å². The van der Waals surface area contributed by atoms with Crippen LogP contribution in [0.1, 0.15) is 71.1 Å². The van der Waals surface area contributed by atoms with E-state index in [9.17, 15) is 14.4 Å². The van der Waals surface area contributed by atoms with E-state index in [0.717, 1.165) is 44.9 Å². The van der Waals surface area contributed by atoms with Gasteiger partial charge in [-0.05, 0) is 76.0 Å². The third kappa shape index (κ3) is 3.99. The van der Waals surface area contributed by atoms with E-state index in [-0.39, 0.29) is 35.7 Å². The van der Waals surface area contributed by atoms with E-state index < -0.39 is 6.04 Å². The molecule has 0 aromatic rings. The Labute approximate surface area is 161 Å². The normalized spacial score (nSPS) is 35.7. The number of hydrogen-bond donors (Lipinski definition) is 3.